The standard InChI is InChI=1S/C22H38NO4P/c1-11-23-18-15-16(20(4,5)6)14-17(21(7,8)9)19(18)27-22(23,10)28(24,25-12-2)26-13-3/h14-15H,11-13H2,1-10H3. The molecule has 0 saturated carbocycles. The SMILES string of the molecule is CCOP(=O)(OCC)C1(C)Oc2c(cc(C(C)(C)C)cc2C(C)(C)C)N1CC. The molecule has 1 aromatic carbocycles. The lowest BCUT2D eigenvalue weighted by Gasteiger charge is -2.38. The van der Waals surface area contributed by atoms with Gasteiger partial charge in [-0.2, -0.15) is 0 Å². The first-order valence-corrected chi connectivity index (χ1v) is 11.8. The summed E-state index contributed by atoms with van der Waals surface area (Å²) in [5.74, 6) is 0.782. The number of nitrogens with zero attached hydrogens (tertiary/aromatic N) is 1. The average molecular weight is 412 g/mol. The van der Waals surface area contributed by atoms with E-state index in [9.17, 15) is 4.57 Å². The van der Waals surface area contributed by atoms with Crippen LogP contribution >= 0.6 is 7.60 Å². The van der Waals surface area contributed by atoms with Crippen LogP contribution in [0.5, 0.6) is 5.75 Å². The van der Waals surface area contributed by atoms with Gasteiger partial charge >= 0.3 is 7.60 Å². The maximum Gasteiger partial charge on any atom is 0.394 e. The van der Waals surface area contributed by atoms with E-state index in [0.717, 1.165) is 17.0 Å². The summed E-state index contributed by atoms with van der Waals surface area (Å²) in [5.41, 5.74) is 1.95. The van der Waals surface area contributed by atoms with Crippen molar-refractivity contribution in [3.8, 4) is 5.75 Å². The molecule has 28 heavy (non-hydrogen) atoms. The minimum Gasteiger partial charge on any atom is -0.453 e. The third kappa shape index (κ3) is 3.86. The highest BCUT2D eigenvalue weighted by atomic mass is 31.2. The zero-order valence-corrected chi connectivity index (χ0v) is 20.2. The predicted octanol–water partition coefficient (Wildman–Crippen LogP) is 6.44. The highest BCUT2D eigenvalue weighted by Gasteiger charge is 2.59. The molecule has 5 nitrogen and oxygen atoms in total. The first kappa shape index (κ1) is 23.3. The highest BCUT2D eigenvalue weighted by Crippen LogP contribution is 2.66. The summed E-state index contributed by atoms with van der Waals surface area (Å²) < 4.78 is 31.7. The van der Waals surface area contributed by atoms with Gasteiger partial charge in [0.2, 0.25) is 0 Å². The molecule has 1 unspecified atom stereocenters. The maximum atomic E-state index is 13.8. The van der Waals surface area contributed by atoms with Crippen molar-refractivity contribution in [2.45, 2.75) is 85.5 Å². The summed E-state index contributed by atoms with van der Waals surface area (Å²) in [6.45, 7) is 21.9. The van der Waals surface area contributed by atoms with Crippen molar-refractivity contribution in [3.05, 3.63) is 23.3 Å². The molecule has 1 aliphatic heterocycles. The molecule has 2 rings (SSSR count). The number of ether oxygens (including phenoxy) is 1. The molecule has 1 atom stereocenters. The Balaban J connectivity index is 2.77. The van der Waals surface area contributed by atoms with Gasteiger partial charge in [0.25, 0.3) is 5.47 Å². The molecule has 0 saturated heterocycles. The smallest absolute Gasteiger partial charge is 0.394 e. The van der Waals surface area contributed by atoms with Gasteiger partial charge in [0.1, 0.15) is 0 Å². The average Bonchev–Trinajstić information content (AvgIpc) is 2.85. The third-order valence-electron chi connectivity index (χ3n) is 5.25. The highest BCUT2D eigenvalue weighted by molar-refractivity contribution is 7.55. The van der Waals surface area contributed by atoms with E-state index in [1.807, 2.05) is 32.6 Å². The molecule has 0 amide bonds. The van der Waals surface area contributed by atoms with Crippen LogP contribution in [0.2, 0.25) is 0 Å². The first-order chi connectivity index (χ1) is 12.7. The Morgan fingerprint density at radius 3 is 1.93 bits per heavy atom. The van der Waals surface area contributed by atoms with Gasteiger partial charge in [-0.15, -0.1) is 0 Å². The van der Waals surface area contributed by atoms with E-state index in [1.54, 1.807) is 0 Å². The molecular weight excluding hydrogens is 373 g/mol. The van der Waals surface area contributed by atoms with Gasteiger partial charge in [0.05, 0.1) is 18.9 Å². The summed E-state index contributed by atoms with van der Waals surface area (Å²) in [7, 11) is -3.56. The summed E-state index contributed by atoms with van der Waals surface area (Å²) in [4.78, 5) is 2.04. The molecule has 0 aliphatic carbocycles. The van der Waals surface area contributed by atoms with Crippen LogP contribution in [-0.2, 0) is 24.4 Å². The van der Waals surface area contributed by atoms with E-state index >= 15 is 0 Å². The predicted molar refractivity (Wildman–Crippen MR) is 117 cm³/mol. The Morgan fingerprint density at radius 2 is 1.54 bits per heavy atom. The lowest BCUT2D eigenvalue weighted by molar-refractivity contribution is 0.112. The second-order valence-corrected chi connectivity index (χ2v) is 11.8. The van der Waals surface area contributed by atoms with Gasteiger partial charge in [0.15, 0.2) is 5.75 Å². The lowest BCUT2D eigenvalue weighted by Crippen LogP contribution is -2.47. The number of hydrogen-bond acceptors (Lipinski definition) is 5. The Morgan fingerprint density at radius 1 is 1.00 bits per heavy atom. The van der Waals surface area contributed by atoms with Crippen molar-refractivity contribution in [2.24, 2.45) is 0 Å². The van der Waals surface area contributed by atoms with Crippen LogP contribution in [-0.4, -0.2) is 25.2 Å². The number of rotatable bonds is 6. The molecule has 0 spiro atoms. The van der Waals surface area contributed by atoms with Crippen LogP contribution in [0.15, 0.2) is 12.1 Å². The first-order valence-electron chi connectivity index (χ1n) is 10.3. The molecule has 0 aromatic heterocycles. The minimum atomic E-state index is -3.56. The summed E-state index contributed by atoms with van der Waals surface area (Å²) >= 11 is 0. The van der Waals surface area contributed by atoms with Crippen molar-refractivity contribution in [1.82, 2.24) is 0 Å². The largest absolute Gasteiger partial charge is 0.453 e. The Hall–Kier alpha value is -1.03. The van der Waals surface area contributed by atoms with Gasteiger partial charge in [-0.25, -0.2) is 0 Å². The van der Waals surface area contributed by atoms with E-state index in [2.05, 4.69) is 53.7 Å². The zero-order valence-electron chi connectivity index (χ0n) is 19.3. The maximum absolute atomic E-state index is 13.8. The molecule has 1 aliphatic rings. The van der Waals surface area contributed by atoms with Gasteiger partial charge < -0.3 is 18.7 Å². The quantitative estimate of drug-likeness (QED) is 0.504. The van der Waals surface area contributed by atoms with Crippen LogP contribution in [0, 0.1) is 0 Å². The van der Waals surface area contributed by atoms with Crippen LogP contribution < -0.4 is 9.64 Å². The number of hydrogen-bond donors (Lipinski definition) is 0. The van der Waals surface area contributed by atoms with Crippen LogP contribution in [0.25, 0.3) is 0 Å². The van der Waals surface area contributed by atoms with Crippen molar-refractivity contribution in [3.63, 3.8) is 0 Å². The van der Waals surface area contributed by atoms with E-state index in [0.29, 0.717) is 19.8 Å². The molecule has 6 heteroatoms. The molecule has 1 aromatic rings. The number of anilines is 1. The van der Waals surface area contributed by atoms with Crippen LogP contribution in [0.1, 0.15) is 80.4 Å². The second-order valence-electron chi connectivity index (χ2n) is 9.49. The van der Waals surface area contributed by atoms with Gasteiger partial charge in [0, 0.05) is 19.0 Å². The lowest BCUT2D eigenvalue weighted by atomic mass is 9.79. The van der Waals surface area contributed by atoms with Gasteiger partial charge in [-0.1, -0.05) is 47.6 Å². The molecular formula is C22H38NO4P. The van der Waals surface area contributed by atoms with Crippen molar-refractivity contribution in [1.29, 1.82) is 0 Å². The molecule has 0 N–H and O–H groups in total. The topological polar surface area (TPSA) is 48.0 Å². The summed E-state index contributed by atoms with van der Waals surface area (Å²) in [6, 6.07) is 4.40. The van der Waals surface area contributed by atoms with E-state index in [1.165, 1.54) is 5.56 Å². The third-order valence-corrected chi connectivity index (χ3v) is 7.80. The van der Waals surface area contributed by atoms with E-state index < -0.39 is 13.1 Å². The van der Waals surface area contributed by atoms with Gasteiger partial charge in [-0.3, -0.25) is 4.57 Å². The normalized spacial score (nSPS) is 20.3. The van der Waals surface area contributed by atoms with Crippen molar-refractivity contribution < 1.29 is 18.3 Å². The summed E-state index contributed by atoms with van der Waals surface area (Å²) in [5, 5.41) is 0. The minimum absolute atomic E-state index is 0.0169. The Kier molecular flexibility index (Phi) is 6.36. The fraction of sp³-hybridized carbons (Fsp3) is 0.727. The number of fused-ring (bicyclic) bond motifs is 1. The monoisotopic (exact) mass is 411 g/mol. The van der Waals surface area contributed by atoms with Crippen molar-refractivity contribution in [2.75, 3.05) is 24.7 Å². The molecule has 1 heterocycles. The fourth-order valence-corrected chi connectivity index (χ4v) is 5.65. The summed E-state index contributed by atoms with van der Waals surface area (Å²) in [6.07, 6.45) is 0. The van der Waals surface area contributed by atoms with E-state index in [-0.39, 0.29) is 10.8 Å². The van der Waals surface area contributed by atoms with Crippen LogP contribution in [0.4, 0.5) is 5.69 Å². The zero-order chi connectivity index (χ0) is 21.5. The Labute approximate surface area is 171 Å². The Bertz CT molecular complexity index is 753. The second kappa shape index (κ2) is 7.66. The van der Waals surface area contributed by atoms with Crippen LogP contribution in [0.3, 0.4) is 0 Å². The fourth-order valence-electron chi connectivity index (χ4n) is 3.67. The molecule has 0 fully saturated rings. The van der Waals surface area contributed by atoms with Crippen molar-refractivity contribution >= 4 is 13.3 Å². The molecule has 0 bridgehead atoms. The number of benzene rings is 1. The van der Waals surface area contributed by atoms with Gasteiger partial charge in [-0.05, 0) is 43.2 Å². The molecule has 160 valence electrons. The molecule has 0 radical (unpaired) electrons. The van der Waals surface area contributed by atoms with E-state index in [4.69, 9.17) is 13.8 Å².